The second-order valence-corrected chi connectivity index (χ2v) is 6.71. The lowest BCUT2D eigenvalue weighted by molar-refractivity contribution is -0.131. The van der Waals surface area contributed by atoms with Crippen LogP contribution in [0.1, 0.15) is 25.7 Å². The smallest absolute Gasteiger partial charge is 0.240 e. The van der Waals surface area contributed by atoms with Crippen LogP contribution in [0.5, 0.6) is 0 Å². The number of halogens is 1. The number of hydrogen-bond acceptors (Lipinski definition) is 4. The topological polar surface area (TPSA) is 61.9 Å². The maximum absolute atomic E-state index is 12.9. The van der Waals surface area contributed by atoms with Crippen molar-refractivity contribution < 1.29 is 18.7 Å². The molecular weight excluding hydrogens is 349 g/mol. The molecule has 0 spiro atoms. The van der Waals surface area contributed by atoms with Crippen molar-refractivity contribution in [3.8, 4) is 0 Å². The number of ether oxygens (including phenoxy) is 1. The van der Waals surface area contributed by atoms with Gasteiger partial charge in [0.05, 0.1) is 19.7 Å². The van der Waals surface area contributed by atoms with E-state index in [9.17, 15) is 14.0 Å². The largest absolute Gasteiger partial charge is 0.383 e. The minimum atomic E-state index is -0.358. The molecule has 0 bridgehead atoms. The monoisotopic (exact) mass is 377 g/mol. The van der Waals surface area contributed by atoms with Gasteiger partial charge in [0.15, 0.2) is 0 Å². The van der Waals surface area contributed by atoms with Crippen LogP contribution in [0.4, 0.5) is 10.1 Å². The average molecular weight is 377 g/mol. The molecule has 0 saturated heterocycles. The molecule has 0 aromatic heterocycles. The summed E-state index contributed by atoms with van der Waals surface area (Å²) in [5.74, 6) is -0.654. The van der Waals surface area contributed by atoms with Crippen molar-refractivity contribution in [2.45, 2.75) is 25.7 Å². The Balaban J connectivity index is 1.88. The Kier molecular flexibility index (Phi) is 8.42. The van der Waals surface area contributed by atoms with E-state index in [2.05, 4.69) is 11.4 Å². The Labute approximate surface area is 160 Å². The lowest BCUT2D eigenvalue weighted by Gasteiger charge is -2.29. The van der Waals surface area contributed by atoms with Crippen LogP contribution in [0.15, 0.2) is 36.0 Å². The number of amides is 2. The number of methoxy groups -OCH3 is 1. The zero-order valence-electron chi connectivity index (χ0n) is 16.0. The number of hydrogen-bond donors (Lipinski definition) is 1. The number of carbonyl (C=O) groups is 2. The molecule has 2 rings (SSSR count). The first kappa shape index (κ1) is 21.1. The van der Waals surface area contributed by atoms with Gasteiger partial charge in [0.25, 0.3) is 0 Å². The Morgan fingerprint density at radius 1 is 1.19 bits per heavy atom. The summed E-state index contributed by atoms with van der Waals surface area (Å²) < 4.78 is 18.1. The fourth-order valence-corrected chi connectivity index (χ4v) is 3.03. The number of nitrogens with zero attached hydrogens (tertiary/aromatic N) is 2. The molecule has 148 valence electrons. The highest BCUT2D eigenvalue weighted by atomic mass is 19.1. The summed E-state index contributed by atoms with van der Waals surface area (Å²) in [6, 6.07) is 5.57. The van der Waals surface area contributed by atoms with Crippen LogP contribution >= 0.6 is 0 Å². The van der Waals surface area contributed by atoms with Crippen molar-refractivity contribution in [3.63, 3.8) is 0 Å². The van der Waals surface area contributed by atoms with Crippen LogP contribution in [-0.2, 0) is 14.3 Å². The number of allylic oxidation sites excluding steroid dienone is 2. The van der Waals surface area contributed by atoms with Gasteiger partial charge < -0.3 is 15.0 Å². The van der Waals surface area contributed by atoms with Crippen LogP contribution in [0.25, 0.3) is 0 Å². The third kappa shape index (κ3) is 7.11. The highest BCUT2D eigenvalue weighted by Gasteiger charge is 2.21. The predicted octanol–water partition coefficient (Wildman–Crippen LogP) is 2.63. The van der Waals surface area contributed by atoms with Gasteiger partial charge in [-0.15, -0.1) is 0 Å². The second-order valence-electron chi connectivity index (χ2n) is 6.71. The third-order valence-corrected chi connectivity index (χ3v) is 4.38. The quantitative estimate of drug-likeness (QED) is 0.719. The molecule has 1 aromatic rings. The molecule has 0 saturated carbocycles. The highest BCUT2D eigenvalue weighted by Crippen LogP contribution is 2.21. The van der Waals surface area contributed by atoms with Crippen molar-refractivity contribution in [1.82, 2.24) is 9.80 Å². The molecule has 0 heterocycles. The van der Waals surface area contributed by atoms with Gasteiger partial charge in [0, 0.05) is 25.0 Å². The van der Waals surface area contributed by atoms with E-state index < -0.39 is 0 Å². The van der Waals surface area contributed by atoms with Crippen LogP contribution < -0.4 is 5.32 Å². The molecule has 1 N–H and O–H groups in total. The summed E-state index contributed by atoms with van der Waals surface area (Å²) in [5.41, 5.74) is 1.57. The van der Waals surface area contributed by atoms with Crippen LogP contribution in [0, 0.1) is 5.82 Å². The molecule has 0 unspecified atom stereocenters. The summed E-state index contributed by atoms with van der Waals surface area (Å²) in [5, 5.41) is 2.70. The third-order valence-electron chi connectivity index (χ3n) is 4.38. The SMILES string of the molecule is COCCN(C(=O)CN(C)CC(=O)Nc1ccc(F)cc1)C1=CCCCC1. The molecule has 2 amide bonds. The van der Waals surface area contributed by atoms with E-state index in [0.29, 0.717) is 18.8 Å². The lowest BCUT2D eigenvalue weighted by atomic mass is 10.0. The van der Waals surface area contributed by atoms with Gasteiger partial charge in [-0.25, -0.2) is 4.39 Å². The maximum atomic E-state index is 12.9. The molecule has 27 heavy (non-hydrogen) atoms. The number of nitrogens with one attached hydrogen (secondary N) is 1. The number of likely N-dealkylation sites (N-methyl/N-ethyl adjacent to an activating group) is 1. The van der Waals surface area contributed by atoms with Gasteiger partial charge in [-0.1, -0.05) is 6.08 Å². The minimum absolute atomic E-state index is 0.0442. The molecule has 0 aliphatic heterocycles. The second kappa shape index (κ2) is 10.8. The Bertz CT molecular complexity index is 661. The first-order chi connectivity index (χ1) is 13.0. The van der Waals surface area contributed by atoms with Crippen LogP contribution in [-0.4, -0.2) is 62.0 Å². The molecule has 1 aromatic carbocycles. The van der Waals surface area contributed by atoms with Crippen molar-refractivity contribution >= 4 is 17.5 Å². The molecule has 0 atom stereocenters. The van der Waals surface area contributed by atoms with E-state index in [-0.39, 0.29) is 30.7 Å². The summed E-state index contributed by atoms with van der Waals surface area (Å²) in [4.78, 5) is 28.3. The van der Waals surface area contributed by atoms with Gasteiger partial charge in [0.1, 0.15) is 5.82 Å². The number of carbonyl (C=O) groups excluding carboxylic acids is 2. The number of rotatable bonds is 9. The van der Waals surface area contributed by atoms with Crippen molar-refractivity contribution in [2.24, 2.45) is 0 Å². The van der Waals surface area contributed by atoms with Gasteiger partial charge in [-0.3, -0.25) is 14.5 Å². The fourth-order valence-electron chi connectivity index (χ4n) is 3.03. The van der Waals surface area contributed by atoms with E-state index >= 15 is 0 Å². The van der Waals surface area contributed by atoms with E-state index in [4.69, 9.17) is 4.74 Å². The molecule has 1 aliphatic carbocycles. The van der Waals surface area contributed by atoms with Crippen LogP contribution in [0.2, 0.25) is 0 Å². The Hall–Kier alpha value is -2.25. The van der Waals surface area contributed by atoms with Crippen molar-refractivity contribution in [2.75, 3.05) is 45.7 Å². The van der Waals surface area contributed by atoms with Gasteiger partial charge in [-0.05, 0) is 57.0 Å². The lowest BCUT2D eigenvalue weighted by Crippen LogP contribution is -2.42. The Morgan fingerprint density at radius 2 is 1.93 bits per heavy atom. The van der Waals surface area contributed by atoms with Crippen LogP contribution in [0.3, 0.4) is 0 Å². The van der Waals surface area contributed by atoms with Crippen molar-refractivity contribution in [1.29, 1.82) is 0 Å². The zero-order valence-corrected chi connectivity index (χ0v) is 16.0. The first-order valence-corrected chi connectivity index (χ1v) is 9.22. The average Bonchev–Trinajstić information content (AvgIpc) is 2.64. The van der Waals surface area contributed by atoms with E-state index in [1.54, 1.807) is 24.0 Å². The predicted molar refractivity (Wildman–Crippen MR) is 103 cm³/mol. The normalized spacial score (nSPS) is 14.0. The molecule has 1 aliphatic rings. The standard InChI is InChI=1S/C20H28FN3O3/c1-23(14-19(25)22-17-10-8-16(21)9-11-17)15-20(26)24(12-13-27-2)18-6-4-3-5-7-18/h6,8-11H,3-5,7,12-15H2,1-2H3,(H,22,25). The minimum Gasteiger partial charge on any atom is -0.383 e. The highest BCUT2D eigenvalue weighted by molar-refractivity contribution is 5.92. The first-order valence-electron chi connectivity index (χ1n) is 9.22. The van der Waals surface area contributed by atoms with E-state index in [0.717, 1.165) is 31.4 Å². The molecule has 7 heteroatoms. The van der Waals surface area contributed by atoms with E-state index in [1.807, 2.05) is 0 Å². The summed E-state index contributed by atoms with van der Waals surface area (Å²) >= 11 is 0. The zero-order chi connectivity index (χ0) is 19.6. The molecule has 0 fully saturated rings. The fraction of sp³-hybridized carbons (Fsp3) is 0.500. The molecule has 6 nitrogen and oxygen atoms in total. The molecule has 0 radical (unpaired) electrons. The van der Waals surface area contributed by atoms with Gasteiger partial charge in [-0.2, -0.15) is 0 Å². The van der Waals surface area contributed by atoms with Crippen molar-refractivity contribution in [3.05, 3.63) is 41.9 Å². The maximum Gasteiger partial charge on any atom is 0.240 e. The number of anilines is 1. The number of benzene rings is 1. The molecular formula is C20H28FN3O3. The summed E-state index contributed by atoms with van der Waals surface area (Å²) in [6.45, 7) is 1.19. The van der Waals surface area contributed by atoms with Gasteiger partial charge >= 0.3 is 0 Å². The Morgan fingerprint density at radius 3 is 2.56 bits per heavy atom. The van der Waals surface area contributed by atoms with Gasteiger partial charge in [0.2, 0.25) is 11.8 Å². The summed E-state index contributed by atoms with van der Waals surface area (Å²) in [7, 11) is 3.34. The summed E-state index contributed by atoms with van der Waals surface area (Å²) in [6.07, 6.45) is 6.24. The van der Waals surface area contributed by atoms with E-state index in [1.165, 1.54) is 24.3 Å².